The molecule has 6 heteroatoms. The van der Waals surface area contributed by atoms with Crippen molar-refractivity contribution in [2.24, 2.45) is 0 Å². The number of carbonyl (C=O) groups excluding carboxylic acids is 2. The first-order valence-electron chi connectivity index (χ1n) is 9.85. The third-order valence-corrected chi connectivity index (χ3v) is 5.19. The second kappa shape index (κ2) is 9.45. The van der Waals surface area contributed by atoms with Gasteiger partial charge >= 0.3 is 0 Å². The second-order valence-electron chi connectivity index (χ2n) is 7.45. The number of nitrogens with zero attached hydrogens (tertiary/aromatic N) is 2. The van der Waals surface area contributed by atoms with E-state index in [-0.39, 0.29) is 24.5 Å². The first-order valence-corrected chi connectivity index (χ1v) is 9.85. The maximum atomic E-state index is 13.1. The summed E-state index contributed by atoms with van der Waals surface area (Å²) >= 11 is 0. The van der Waals surface area contributed by atoms with Crippen molar-refractivity contribution in [1.29, 1.82) is 0 Å². The molecular formula is C23H28N2O4. The number of methoxy groups -OCH3 is 1. The van der Waals surface area contributed by atoms with Crippen molar-refractivity contribution in [2.45, 2.75) is 25.3 Å². The summed E-state index contributed by atoms with van der Waals surface area (Å²) in [6, 6.07) is 15.2. The molecule has 0 aromatic heterocycles. The number of likely N-dealkylation sites (tertiary alicyclic amines) is 1. The van der Waals surface area contributed by atoms with Gasteiger partial charge in [-0.2, -0.15) is 0 Å². The van der Waals surface area contributed by atoms with Crippen molar-refractivity contribution >= 4 is 11.8 Å². The van der Waals surface area contributed by atoms with Gasteiger partial charge in [0.15, 0.2) is 6.61 Å². The summed E-state index contributed by atoms with van der Waals surface area (Å²) in [7, 11) is 5.02. The predicted octanol–water partition coefficient (Wildman–Crippen LogP) is 3.01. The normalized spacial score (nSPS) is 15.8. The highest BCUT2D eigenvalue weighted by Crippen LogP contribution is 2.26. The van der Waals surface area contributed by atoms with E-state index in [2.05, 4.69) is 6.07 Å². The number of carbonyl (C=O) groups is 2. The number of rotatable bonds is 7. The smallest absolute Gasteiger partial charge is 0.259 e. The molecule has 0 spiro atoms. The molecule has 1 aliphatic rings. The van der Waals surface area contributed by atoms with Gasteiger partial charge in [-0.3, -0.25) is 9.59 Å². The Morgan fingerprint density at radius 2 is 1.86 bits per heavy atom. The Morgan fingerprint density at radius 1 is 1.10 bits per heavy atom. The number of ether oxygens (including phenoxy) is 2. The zero-order chi connectivity index (χ0) is 20.8. The molecule has 2 amide bonds. The van der Waals surface area contributed by atoms with Gasteiger partial charge in [0, 0.05) is 32.2 Å². The lowest BCUT2D eigenvalue weighted by Crippen LogP contribution is -2.36. The summed E-state index contributed by atoms with van der Waals surface area (Å²) in [6.07, 6.45) is 2.78. The van der Waals surface area contributed by atoms with Gasteiger partial charge in [0.2, 0.25) is 0 Å². The first kappa shape index (κ1) is 20.7. The van der Waals surface area contributed by atoms with E-state index >= 15 is 0 Å². The van der Waals surface area contributed by atoms with Crippen LogP contribution in [0.25, 0.3) is 0 Å². The highest BCUT2D eigenvalue weighted by molar-refractivity contribution is 5.95. The molecule has 1 saturated heterocycles. The van der Waals surface area contributed by atoms with Gasteiger partial charge in [0.25, 0.3) is 11.8 Å². The highest BCUT2D eigenvalue weighted by Gasteiger charge is 2.29. The summed E-state index contributed by atoms with van der Waals surface area (Å²) in [5, 5.41) is 0. The SMILES string of the molecule is COc1cccc(CC2CCCN2C(=O)c2cccc(OCC(=O)N(C)C)c2)c1. The fourth-order valence-corrected chi connectivity index (χ4v) is 3.55. The summed E-state index contributed by atoms with van der Waals surface area (Å²) < 4.78 is 10.9. The van der Waals surface area contributed by atoms with Crippen molar-refractivity contribution < 1.29 is 19.1 Å². The standard InChI is InChI=1S/C23H28N2O4/c1-24(2)22(26)16-29-21-11-5-8-18(15-21)23(27)25-12-6-9-19(25)13-17-7-4-10-20(14-17)28-3/h4-5,7-8,10-11,14-15,19H,6,9,12-13,16H2,1-3H3. The lowest BCUT2D eigenvalue weighted by molar-refractivity contribution is -0.130. The third kappa shape index (κ3) is 5.28. The van der Waals surface area contributed by atoms with Gasteiger partial charge in [0.05, 0.1) is 7.11 Å². The van der Waals surface area contributed by atoms with Crippen LogP contribution < -0.4 is 9.47 Å². The quantitative estimate of drug-likeness (QED) is 0.722. The van der Waals surface area contributed by atoms with E-state index in [9.17, 15) is 9.59 Å². The van der Waals surface area contributed by atoms with E-state index in [0.717, 1.165) is 37.1 Å². The number of benzene rings is 2. The lowest BCUT2D eigenvalue weighted by Gasteiger charge is -2.25. The summed E-state index contributed by atoms with van der Waals surface area (Å²) in [5.41, 5.74) is 1.74. The van der Waals surface area contributed by atoms with Crippen LogP contribution in [0.3, 0.4) is 0 Å². The molecule has 0 N–H and O–H groups in total. The van der Waals surface area contributed by atoms with Crippen molar-refractivity contribution in [3.8, 4) is 11.5 Å². The molecule has 154 valence electrons. The molecule has 0 bridgehead atoms. The van der Waals surface area contributed by atoms with Gasteiger partial charge in [-0.1, -0.05) is 18.2 Å². The van der Waals surface area contributed by atoms with Crippen LogP contribution in [0.1, 0.15) is 28.8 Å². The summed E-state index contributed by atoms with van der Waals surface area (Å²) in [6.45, 7) is 0.699. The molecule has 3 rings (SSSR count). The van der Waals surface area contributed by atoms with Crippen LogP contribution in [-0.4, -0.2) is 62.0 Å². The minimum absolute atomic E-state index is 0.000202. The Morgan fingerprint density at radius 3 is 2.62 bits per heavy atom. The predicted molar refractivity (Wildman–Crippen MR) is 111 cm³/mol. The molecule has 0 aliphatic carbocycles. The van der Waals surface area contributed by atoms with Crippen LogP contribution in [0.5, 0.6) is 11.5 Å². The molecule has 1 heterocycles. The fourth-order valence-electron chi connectivity index (χ4n) is 3.55. The Balaban J connectivity index is 1.68. The topological polar surface area (TPSA) is 59.1 Å². The zero-order valence-electron chi connectivity index (χ0n) is 17.3. The zero-order valence-corrected chi connectivity index (χ0v) is 17.3. The molecule has 0 radical (unpaired) electrons. The Hall–Kier alpha value is -3.02. The summed E-state index contributed by atoms with van der Waals surface area (Å²) in [4.78, 5) is 28.3. The number of amides is 2. The maximum absolute atomic E-state index is 13.1. The fraction of sp³-hybridized carbons (Fsp3) is 0.391. The van der Waals surface area contributed by atoms with E-state index in [0.29, 0.717) is 11.3 Å². The number of hydrogen-bond donors (Lipinski definition) is 0. The number of hydrogen-bond acceptors (Lipinski definition) is 4. The molecule has 29 heavy (non-hydrogen) atoms. The van der Waals surface area contributed by atoms with Gasteiger partial charge in [0.1, 0.15) is 11.5 Å². The van der Waals surface area contributed by atoms with Gasteiger partial charge in [-0.25, -0.2) is 0 Å². The van der Waals surface area contributed by atoms with Gasteiger partial charge in [-0.15, -0.1) is 0 Å². The molecule has 1 aliphatic heterocycles. The van der Waals surface area contributed by atoms with E-state index in [4.69, 9.17) is 9.47 Å². The molecule has 6 nitrogen and oxygen atoms in total. The summed E-state index contributed by atoms with van der Waals surface area (Å²) in [5.74, 6) is 1.23. The van der Waals surface area contributed by atoms with Crippen molar-refractivity contribution in [3.05, 3.63) is 59.7 Å². The average molecular weight is 396 g/mol. The van der Waals surface area contributed by atoms with E-state index in [1.54, 1.807) is 45.5 Å². The molecule has 1 unspecified atom stereocenters. The molecular weight excluding hydrogens is 368 g/mol. The van der Waals surface area contributed by atoms with Crippen LogP contribution in [-0.2, 0) is 11.2 Å². The Kier molecular flexibility index (Phi) is 6.75. The molecule has 2 aromatic rings. The van der Waals surface area contributed by atoms with Crippen LogP contribution in [0.4, 0.5) is 0 Å². The van der Waals surface area contributed by atoms with Crippen LogP contribution >= 0.6 is 0 Å². The highest BCUT2D eigenvalue weighted by atomic mass is 16.5. The van der Waals surface area contributed by atoms with Gasteiger partial charge < -0.3 is 19.3 Å². The van der Waals surface area contributed by atoms with Crippen LogP contribution in [0.2, 0.25) is 0 Å². The minimum Gasteiger partial charge on any atom is -0.497 e. The maximum Gasteiger partial charge on any atom is 0.259 e. The Bertz CT molecular complexity index is 865. The average Bonchev–Trinajstić information content (AvgIpc) is 3.19. The van der Waals surface area contributed by atoms with E-state index < -0.39 is 0 Å². The number of likely N-dealkylation sites (N-methyl/N-ethyl adjacent to an activating group) is 1. The second-order valence-corrected chi connectivity index (χ2v) is 7.45. The lowest BCUT2D eigenvalue weighted by atomic mass is 10.0. The van der Waals surface area contributed by atoms with Crippen LogP contribution in [0.15, 0.2) is 48.5 Å². The first-order chi connectivity index (χ1) is 14.0. The largest absolute Gasteiger partial charge is 0.497 e. The molecule has 0 saturated carbocycles. The molecule has 2 aromatic carbocycles. The van der Waals surface area contributed by atoms with Gasteiger partial charge in [-0.05, 0) is 55.2 Å². The van der Waals surface area contributed by atoms with Crippen molar-refractivity contribution in [1.82, 2.24) is 9.80 Å². The third-order valence-electron chi connectivity index (χ3n) is 5.19. The minimum atomic E-state index is -0.125. The van der Waals surface area contributed by atoms with Crippen molar-refractivity contribution in [2.75, 3.05) is 34.4 Å². The van der Waals surface area contributed by atoms with E-state index in [1.807, 2.05) is 23.1 Å². The molecule has 1 atom stereocenters. The van der Waals surface area contributed by atoms with Crippen molar-refractivity contribution in [3.63, 3.8) is 0 Å². The Labute approximate surface area is 172 Å². The van der Waals surface area contributed by atoms with Crippen LogP contribution in [0, 0.1) is 0 Å². The molecule has 1 fully saturated rings. The monoisotopic (exact) mass is 396 g/mol. The van der Waals surface area contributed by atoms with E-state index in [1.165, 1.54) is 4.90 Å².